The highest BCUT2D eigenvalue weighted by Crippen LogP contribution is 2.59. The Hall–Kier alpha value is -2.54. The first-order chi connectivity index (χ1) is 13.5. The number of fused-ring (bicyclic) bond motifs is 1. The lowest BCUT2D eigenvalue weighted by atomic mass is 9.90. The molecule has 3 heterocycles. The molecule has 5 rings (SSSR count). The number of benzene rings is 1. The number of hydrogen-bond acceptors (Lipinski definition) is 5. The molecule has 2 fully saturated rings. The highest BCUT2D eigenvalue weighted by molar-refractivity contribution is 5.95. The molecule has 1 amide bonds. The average Bonchev–Trinajstić information content (AvgIpc) is 3.02. The Bertz CT molecular complexity index is 914. The lowest BCUT2D eigenvalue weighted by molar-refractivity contribution is -0.118. The normalized spacial score (nSPS) is 22.4. The number of hydrogen-bond donors (Lipinski definition) is 1. The van der Waals surface area contributed by atoms with Crippen molar-refractivity contribution in [1.82, 2.24) is 14.7 Å². The van der Waals surface area contributed by atoms with Crippen LogP contribution >= 0.6 is 0 Å². The van der Waals surface area contributed by atoms with Crippen LogP contribution in [0.25, 0.3) is 0 Å². The molecule has 1 atom stereocenters. The molecular formula is C21H26N4O3. The van der Waals surface area contributed by atoms with Gasteiger partial charge >= 0.3 is 0 Å². The predicted octanol–water partition coefficient (Wildman–Crippen LogP) is 2.70. The van der Waals surface area contributed by atoms with E-state index in [4.69, 9.17) is 9.47 Å². The van der Waals surface area contributed by atoms with Gasteiger partial charge in [-0.05, 0) is 56.8 Å². The minimum atomic E-state index is 0.125. The highest BCUT2D eigenvalue weighted by atomic mass is 16.7. The molecule has 1 spiro atoms. The first-order valence-corrected chi connectivity index (χ1v) is 9.94. The predicted molar refractivity (Wildman–Crippen MR) is 104 cm³/mol. The summed E-state index contributed by atoms with van der Waals surface area (Å²) in [7, 11) is 1.98. The second-order valence-corrected chi connectivity index (χ2v) is 8.33. The standard InChI is InChI=1S/C21H26N4O3/c1-14-15(11-22-24(14)2)12-25-7-5-21(6-8-25)10-17(21)20(26)23-16-3-4-18-19(9-16)28-13-27-18/h3-4,9,11,17H,5-8,10,12-13H2,1-2H3,(H,23,26). The van der Waals surface area contributed by atoms with E-state index in [1.807, 2.05) is 36.1 Å². The third-order valence-electron chi connectivity index (χ3n) is 6.73. The molecule has 1 unspecified atom stereocenters. The van der Waals surface area contributed by atoms with Crippen molar-refractivity contribution in [3.8, 4) is 11.5 Å². The minimum absolute atomic E-state index is 0.125. The molecule has 0 radical (unpaired) electrons. The summed E-state index contributed by atoms with van der Waals surface area (Å²) in [5.74, 6) is 1.69. The van der Waals surface area contributed by atoms with E-state index in [-0.39, 0.29) is 24.0 Å². The van der Waals surface area contributed by atoms with Gasteiger partial charge in [-0.1, -0.05) is 0 Å². The third kappa shape index (κ3) is 3.03. The number of aromatic nitrogens is 2. The number of likely N-dealkylation sites (tertiary alicyclic amines) is 1. The molecule has 1 N–H and O–H groups in total. The Morgan fingerprint density at radius 3 is 2.82 bits per heavy atom. The number of anilines is 1. The van der Waals surface area contributed by atoms with E-state index in [1.165, 1.54) is 11.3 Å². The molecule has 0 bridgehead atoms. The molecule has 2 aromatic rings. The topological polar surface area (TPSA) is 68.6 Å². The van der Waals surface area contributed by atoms with E-state index >= 15 is 0 Å². The Balaban J connectivity index is 1.16. The maximum atomic E-state index is 12.8. The first kappa shape index (κ1) is 17.6. The number of piperidine rings is 1. The summed E-state index contributed by atoms with van der Waals surface area (Å²) < 4.78 is 12.6. The maximum absolute atomic E-state index is 12.8. The highest BCUT2D eigenvalue weighted by Gasteiger charge is 2.58. The summed E-state index contributed by atoms with van der Waals surface area (Å²) in [5.41, 5.74) is 3.50. The van der Waals surface area contributed by atoms with Gasteiger partial charge in [0.05, 0.1) is 6.20 Å². The van der Waals surface area contributed by atoms with Gasteiger partial charge in [0.25, 0.3) is 0 Å². The van der Waals surface area contributed by atoms with Crippen LogP contribution in [0.3, 0.4) is 0 Å². The Morgan fingerprint density at radius 1 is 1.29 bits per heavy atom. The summed E-state index contributed by atoms with van der Waals surface area (Å²) in [6, 6.07) is 5.56. The smallest absolute Gasteiger partial charge is 0.231 e. The van der Waals surface area contributed by atoms with Crippen molar-refractivity contribution < 1.29 is 14.3 Å². The van der Waals surface area contributed by atoms with Crippen molar-refractivity contribution in [3.05, 3.63) is 35.7 Å². The van der Waals surface area contributed by atoms with Crippen LogP contribution in [0.1, 0.15) is 30.5 Å². The molecule has 1 saturated heterocycles. The number of ether oxygens (including phenoxy) is 2. The molecule has 148 valence electrons. The molecule has 2 aliphatic heterocycles. The van der Waals surface area contributed by atoms with E-state index in [2.05, 4.69) is 22.2 Å². The maximum Gasteiger partial charge on any atom is 0.231 e. The van der Waals surface area contributed by atoms with Crippen molar-refractivity contribution in [1.29, 1.82) is 0 Å². The van der Waals surface area contributed by atoms with E-state index in [1.54, 1.807) is 0 Å². The Kier molecular flexibility index (Phi) is 4.08. The van der Waals surface area contributed by atoms with Crippen LogP contribution in [-0.4, -0.2) is 40.5 Å². The molecule has 7 nitrogen and oxygen atoms in total. The van der Waals surface area contributed by atoms with Crippen molar-refractivity contribution in [2.45, 2.75) is 32.7 Å². The quantitative estimate of drug-likeness (QED) is 0.881. The van der Waals surface area contributed by atoms with Crippen molar-refractivity contribution >= 4 is 11.6 Å². The lowest BCUT2D eigenvalue weighted by Crippen LogP contribution is -2.35. The van der Waals surface area contributed by atoms with Gasteiger partial charge in [0.2, 0.25) is 12.7 Å². The number of nitrogens with one attached hydrogen (secondary N) is 1. The van der Waals surface area contributed by atoms with Gasteiger partial charge in [-0.3, -0.25) is 14.4 Å². The van der Waals surface area contributed by atoms with E-state index in [0.29, 0.717) is 5.75 Å². The number of aryl methyl sites for hydroxylation is 1. The van der Waals surface area contributed by atoms with Gasteiger partial charge in [0.1, 0.15) is 0 Å². The van der Waals surface area contributed by atoms with E-state index < -0.39 is 0 Å². The largest absolute Gasteiger partial charge is 0.454 e. The number of amides is 1. The van der Waals surface area contributed by atoms with E-state index in [9.17, 15) is 4.79 Å². The van der Waals surface area contributed by atoms with Crippen molar-refractivity contribution in [2.75, 3.05) is 25.2 Å². The van der Waals surface area contributed by atoms with Gasteiger partial charge in [0, 0.05) is 42.5 Å². The van der Waals surface area contributed by atoms with Crippen LogP contribution in [0.5, 0.6) is 11.5 Å². The summed E-state index contributed by atoms with van der Waals surface area (Å²) in [6.07, 6.45) is 5.15. The van der Waals surface area contributed by atoms with Gasteiger partial charge in [-0.25, -0.2) is 0 Å². The zero-order valence-corrected chi connectivity index (χ0v) is 16.4. The molecule has 1 aliphatic carbocycles. The monoisotopic (exact) mass is 382 g/mol. The summed E-state index contributed by atoms with van der Waals surface area (Å²) in [5, 5.41) is 7.41. The molecule has 7 heteroatoms. The first-order valence-electron chi connectivity index (χ1n) is 9.94. The van der Waals surface area contributed by atoms with Crippen LogP contribution in [0.2, 0.25) is 0 Å². The van der Waals surface area contributed by atoms with Gasteiger partial charge in [0.15, 0.2) is 11.5 Å². The Morgan fingerprint density at radius 2 is 2.07 bits per heavy atom. The zero-order valence-electron chi connectivity index (χ0n) is 16.4. The minimum Gasteiger partial charge on any atom is -0.454 e. The van der Waals surface area contributed by atoms with E-state index in [0.717, 1.165) is 50.3 Å². The SMILES string of the molecule is Cc1c(CN2CCC3(CC2)CC3C(=O)Nc2ccc3c(c2)OCO3)cnn1C. The summed E-state index contributed by atoms with van der Waals surface area (Å²) >= 11 is 0. The third-order valence-corrected chi connectivity index (χ3v) is 6.73. The molecule has 1 aromatic heterocycles. The fourth-order valence-electron chi connectivity index (χ4n) is 4.57. The van der Waals surface area contributed by atoms with Crippen molar-refractivity contribution in [2.24, 2.45) is 18.4 Å². The molecule has 3 aliphatic rings. The fourth-order valence-corrected chi connectivity index (χ4v) is 4.57. The van der Waals surface area contributed by atoms with Crippen LogP contribution < -0.4 is 14.8 Å². The summed E-state index contributed by atoms with van der Waals surface area (Å²) in [4.78, 5) is 15.2. The number of carbonyl (C=O) groups is 1. The van der Waals surface area contributed by atoms with Crippen LogP contribution in [0, 0.1) is 18.3 Å². The van der Waals surface area contributed by atoms with Crippen LogP contribution in [-0.2, 0) is 18.4 Å². The zero-order chi connectivity index (χ0) is 19.3. The number of nitrogens with zero attached hydrogens (tertiary/aromatic N) is 3. The Labute approximate surface area is 164 Å². The van der Waals surface area contributed by atoms with Crippen LogP contribution in [0.15, 0.2) is 24.4 Å². The average molecular weight is 382 g/mol. The number of rotatable bonds is 4. The molecule has 1 aromatic carbocycles. The van der Waals surface area contributed by atoms with Crippen molar-refractivity contribution in [3.63, 3.8) is 0 Å². The fraction of sp³-hybridized carbons (Fsp3) is 0.524. The lowest BCUT2D eigenvalue weighted by Gasteiger charge is -2.32. The van der Waals surface area contributed by atoms with Gasteiger partial charge < -0.3 is 14.8 Å². The van der Waals surface area contributed by atoms with Gasteiger partial charge in [-0.2, -0.15) is 5.10 Å². The number of carbonyl (C=O) groups excluding carboxylic acids is 1. The second-order valence-electron chi connectivity index (χ2n) is 8.33. The molecule has 1 saturated carbocycles. The molecular weight excluding hydrogens is 356 g/mol. The van der Waals surface area contributed by atoms with Crippen LogP contribution in [0.4, 0.5) is 5.69 Å². The summed E-state index contributed by atoms with van der Waals surface area (Å²) in [6.45, 7) is 5.40. The molecule has 28 heavy (non-hydrogen) atoms. The second kappa shape index (κ2) is 6.51. The van der Waals surface area contributed by atoms with Gasteiger partial charge in [-0.15, -0.1) is 0 Å².